The molecule has 1 amide bonds. The van der Waals surface area contributed by atoms with Gasteiger partial charge in [0.1, 0.15) is 0 Å². The van der Waals surface area contributed by atoms with Gasteiger partial charge < -0.3 is 10.4 Å². The first-order valence-electron chi connectivity index (χ1n) is 6.66. The number of amides is 1. The van der Waals surface area contributed by atoms with Gasteiger partial charge in [-0.2, -0.15) is 0 Å². The van der Waals surface area contributed by atoms with Crippen LogP contribution in [0.25, 0.3) is 0 Å². The second-order valence-electron chi connectivity index (χ2n) is 5.24. The number of hydrogen-bond donors (Lipinski definition) is 2. The SMILES string of the molecule is CC1CC1CNC(=O)CCc1ccccc1C(=O)O. The number of carboxylic acids is 1. The Morgan fingerprint density at radius 1 is 1.37 bits per heavy atom. The van der Waals surface area contributed by atoms with E-state index in [1.54, 1.807) is 24.3 Å². The van der Waals surface area contributed by atoms with Crippen LogP contribution in [0.4, 0.5) is 0 Å². The van der Waals surface area contributed by atoms with Crippen LogP contribution in [0.2, 0.25) is 0 Å². The van der Waals surface area contributed by atoms with Crippen molar-refractivity contribution in [1.82, 2.24) is 5.32 Å². The van der Waals surface area contributed by atoms with E-state index in [1.165, 1.54) is 6.42 Å². The zero-order chi connectivity index (χ0) is 13.8. The molecule has 102 valence electrons. The van der Waals surface area contributed by atoms with Crippen molar-refractivity contribution in [1.29, 1.82) is 0 Å². The smallest absolute Gasteiger partial charge is 0.335 e. The number of carbonyl (C=O) groups excluding carboxylic acids is 1. The lowest BCUT2D eigenvalue weighted by Gasteiger charge is -2.07. The normalized spacial score (nSPS) is 20.9. The maximum atomic E-state index is 11.7. The molecule has 1 aliphatic carbocycles. The second-order valence-corrected chi connectivity index (χ2v) is 5.24. The van der Waals surface area contributed by atoms with Crippen LogP contribution < -0.4 is 5.32 Å². The Hall–Kier alpha value is -1.84. The molecule has 19 heavy (non-hydrogen) atoms. The van der Waals surface area contributed by atoms with Gasteiger partial charge in [-0.15, -0.1) is 0 Å². The van der Waals surface area contributed by atoms with Gasteiger partial charge in [0.25, 0.3) is 0 Å². The first kappa shape index (κ1) is 13.6. The fourth-order valence-electron chi connectivity index (χ4n) is 2.21. The zero-order valence-electron chi connectivity index (χ0n) is 11.1. The lowest BCUT2D eigenvalue weighted by Crippen LogP contribution is -2.26. The van der Waals surface area contributed by atoms with Crippen LogP contribution in [-0.2, 0) is 11.2 Å². The minimum atomic E-state index is -0.942. The highest BCUT2D eigenvalue weighted by molar-refractivity contribution is 5.89. The lowest BCUT2D eigenvalue weighted by molar-refractivity contribution is -0.121. The Morgan fingerprint density at radius 3 is 2.68 bits per heavy atom. The molecule has 1 saturated carbocycles. The Bertz CT molecular complexity index is 484. The summed E-state index contributed by atoms with van der Waals surface area (Å²) in [5, 5.41) is 12.0. The number of benzene rings is 1. The highest BCUT2D eigenvalue weighted by atomic mass is 16.4. The third-order valence-electron chi connectivity index (χ3n) is 3.71. The van der Waals surface area contributed by atoms with E-state index in [4.69, 9.17) is 5.11 Å². The third-order valence-corrected chi connectivity index (χ3v) is 3.71. The second kappa shape index (κ2) is 5.87. The number of nitrogens with one attached hydrogen (secondary N) is 1. The van der Waals surface area contributed by atoms with E-state index in [1.807, 2.05) is 0 Å². The molecule has 0 heterocycles. The van der Waals surface area contributed by atoms with Gasteiger partial charge in [-0.05, 0) is 36.3 Å². The molecule has 0 aliphatic heterocycles. The van der Waals surface area contributed by atoms with Crippen LogP contribution in [0.1, 0.15) is 35.7 Å². The van der Waals surface area contributed by atoms with Gasteiger partial charge in [-0.1, -0.05) is 25.1 Å². The van der Waals surface area contributed by atoms with Crippen molar-refractivity contribution in [2.75, 3.05) is 6.54 Å². The summed E-state index contributed by atoms with van der Waals surface area (Å²) in [6.45, 7) is 2.93. The quantitative estimate of drug-likeness (QED) is 0.824. The van der Waals surface area contributed by atoms with E-state index < -0.39 is 5.97 Å². The van der Waals surface area contributed by atoms with Crippen molar-refractivity contribution in [3.05, 3.63) is 35.4 Å². The standard InChI is InChI=1S/C15H19NO3/c1-10-8-12(10)9-16-14(17)7-6-11-4-2-3-5-13(11)15(18)19/h2-5,10,12H,6-9H2,1H3,(H,16,17)(H,18,19). The Kier molecular flexibility index (Phi) is 4.20. The molecule has 0 aromatic heterocycles. The summed E-state index contributed by atoms with van der Waals surface area (Å²) in [6, 6.07) is 6.83. The Morgan fingerprint density at radius 2 is 2.05 bits per heavy atom. The topological polar surface area (TPSA) is 66.4 Å². The average molecular weight is 261 g/mol. The molecule has 4 heteroatoms. The maximum absolute atomic E-state index is 11.7. The predicted molar refractivity (Wildman–Crippen MR) is 72.0 cm³/mol. The molecule has 1 fully saturated rings. The number of hydrogen-bond acceptors (Lipinski definition) is 2. The van der Waals surface area contributed by atoms with Gasteiger partial charge in [0.15, 0.2) is 0 Å². The minimum absolute atomic E-state index is 0.000656. The maximum Gasteiger partial charge on any atom is 0.335 e. The van der Waals surface area contributed by atoms with Crippen LogP contribution in [0.5, 0.6) is 0 Å². The third kappa shape index (κ3) is 3.81. The van der Waals surface area contributed by atoms with E-state index in [0.29, 0.717) is 24.3 Å². The van der Waals surface area contributed by atoms with Gasteiger partial charge in [-0.25, -0.2) is 4.79 Å². The summed E-state index contributed by atoms with van der Waals surface area (Å²) in [5.41, 5.74) is 0.996. The fraction of sp³-hybridized carbons (Fsp3) is 0.467. The highest BCUT2D eigenvalue weighted by Crippen LogP contribution is 2.36. The molecule has 1 aliphatic rings. The summed E-state index contributed by atoms with van der Waals surface area (Å²) >= 11 is 0. The van der Waals surface area contributed by atoms with E-state index in [0.717, 1.165) is 12.5 Å². The first-order valence-corrected chi connectivity index (χ1v) is 6.66. The van der Waals surface area contributed by atoms with Gasteiger partial charge in [-0.3, -0.25) is 4.79 Å². The minimum Gasteiger partial charge on any atom is -0.478 e. The molecule has 2 atom stereocenters. The van der Waals surface area contributed by atoms with Gasteiger partial charge in [0, 0.05) is 13.0 Å². The van der Waals surface area contributed by atoms with Crippen LogP contribution in [-0.4, -0.2) is 23.5 Å². The van der Waals surface area contributed by atoms with Crippen molar-refractivity contribution in [2.45, 2.75) is 26.2 Å². The molecular weight excluding hydrogens is 242 g/mol. The van der Waals surface area contributed by atoms with Gasteiger partial charge in [0.05, 0.1) is 5.56 Å². The molecule has 2 N–H and O–H groups in total. The zero-order valence-corrected chi connectivity index (χ0v) is 11.1. The summed E-state index contributed by atoms with van der Waals surface area (Å²) < 4.78 is 0. The van der Waals surface area contributed by atoms with E-state index in [2.05, 4.69) is 12.2 Å². The van der Waals surface area contributed by atoms with Gasteiger partial charge >= 0.3 is 5.97 Å². The molecule has 1 aromatic rings. The molecule has 0 radical (unpaired) electrons. The summed E-state index contributed by atoms with van der Waals surface area (Å²) in [7, 11) is 0. The fourth-order valence-corrected chi connectivity index (χ4v) is 2.21. The lowest BCUT2D eigenvalue weighted by atomic mass is 10.0. The molecule has 0 saturated heterocycles. The molecule has 0 bridgehead atoms. The highest BCUT2D eigenvalue weighted by Gasteiger charge is 2.32. The number of aromatic carboxylic acids is 1. The van der Waals surface area contributed by atoms with E-state index >= 15 is 0 Å². The van der Waals surface area contributed by atoms with Crippen LogP contribution in [0, 0.1) is 11.8 Å². The largest absolute Gasteiger partial charge is 0.478 e. The molecule has 2 unspecified atom stereocenters. The van der Waals surface area contributed by atoms with Crippen LogP contribution >= 0.6 is 0 Å². The molecule has 1 aromatic carbocycles. The summed E-state index contributed by atoms with van der Waals surface area (Å²) in [4.78, 5) is 22.7. The molecule has 4 nitrogen and oxygen atoms in total. The molecular formula is C15H19NO3. The van der Waals surface area contributed by atoms with Crippen LogP contribution in [0.3, 0.4) is 0 Å². The van der Waals surface area contributed by atoms with E-state index in [-0.39, 0.29) is 11.5 Å². The Labute approximate surface area is 112 Å². The predicted octanol–water partition coefficient (Wildman–Crippen LogP) is 2.09. The van der Waals surface area contributed by atoms with Crippen molar-refractivity contribution >= 4 is 11.9 Å². The monoisotopic (exact) mass is 261 g/mol. The van der Waals surface area contributed by atoms with Crippen molar-refractivity contribution in [3.8, 4) is 0 Å². The first-order chi connectivity index (χ1) is 9.08. The van der Waals surface area contributed by atoms with Crippen molar-refractivity contribution in [2.24, 2.45) is 11.8 Å². The van der Waals surface area contributed by atoms with Crippen molar-refractivity contribution < 1.29 is 14.7 Å². The van der Waals surface area contributed by atoms with E-state index in [9.17, 15) is 9.59 Å². The van der Waals surface area contributed by atoms with Gasteiger partial charge in [0.2, 0.25) is 5.91 Å². The average Bonchev–Trinajstić information content (AvgIpc) is 3.10. The summed E-state index contributed by atoms with van der Waals surface area (Å²) in [5.74, 6) is 0.422. The Balaban J connectivity index is 1.81. The number of carbonyl (C=O) groups is 2. The number of rotatable bonds is 6. The molecule has 0 spiro atoms. The number of carboxylic acid groups (broad SMARTS) is 1. The number of aryl methyl sites for hydroxylation is 1. The van der Waals surface area contributed by atoms with Crippen LogP contribution in [0.15, 0.2) is 24.3 Å². The molecule has 2 rings (SSSR count). The van der Waals surface area contributed by atoms with Crippen molar-refractivity contribution in [3.63, 3.8) is 0 Å². The summed E-state index contributed by atoms with van der Waals surface area (Å²) in [6.07, 6.45) is 2.00.